The van der Waals surface area contributed by atoms with Gasteiger partial charge < -0.3 is 5.11 Å². The fraction of sp³-hybridized carbons (Fsp3) is 0.923. The minimum absolute atomic E-state index is 0.297. The summed E-state index contributed by atoms with van der Waals surface area (Å²) in [6.45, 7) is 10.1. The van der Waals surface area contributed by atoms with E-state index in [4.69, 9.17) is 0 Å². The van der Waals surface area contributed by atoms with Gasteiger partial charge in [0.15, 0.2) is 0 Å². The fourth-order valence-corrected chi connectivity index (χ4v) is 2.91. The molecule has 0 heterocycles. The van der Waals surface area contributed by atoms with E-state index in [9.17, 15) is 18.3 Å². The summed E-state index contributed by atoms with van der Waals surface area (Å²) in [5.41, 5.74) is -1.43. The maximum Gasteiger partial charge on any atom is 0.325 e. The highest BCUT2D eigenvalue weighted by Gasteiger charge is 2.46. The standard InChI is InChI=1S/C13H27NO4S/c1-7-8-9-13(10(2)3,11(15)16)14-19(17,18)12(4,5)6/h10,14H,7-9H2,1-6H3,(H,15,16)/t13-/m1/s1. The van der Waals surface area contributed by atoms with Gasteiger partial charge in [-0.3, -0.25) is 4.79 Å². The number of unbranched alkanes of at least 4 members (excludes halogenated alkanes) is 1. The van der Waals surface area contributed by atoms with E-state index in [0.29, 0.717) is 12.8 Å². The minimum Gasteiger partial charge on any atom is -0.480 e. The molecule has 1 atom stereocenters. The third-order valence-electron chi connectivity index (χ3n) is 3.41. The van der Waals surface area contributed by atoms with E-state index in [1.54, 1.807) is 34.6 Å². The van der Waals surface area contributed by atoms with Crippen LogP contribution >= 0.6 is 0 Å². The summed E-state index contributed by atoms with van der Waals surface area (Å²) in [6, 6.07) is 0. The topological polar surface area (TPSA) is 83.5 Å². The van der Waals surface area contributed by atoms with Crippen molar-refractivity contribution in [3.8, 4) is 0 Å². The third-order valence-corrected chi connectivity index (χ3v) is 5.66. The molecule has 0 aromatic rings. The highest BCUT2D eigenvalue weighted by molar-refractivity contribution is 7.90. The van der Waals surface area contributed by atoms with Gasteiger partial charge in [0.1, 0.15) is 5.54 Å². The van der Waals surface area contributed by atoms with Crippen molar-refractivity contribution in [3.63, 3.8) is 0 Å². The smallest absolute Gasteiger partial charge is 0.325 e. The van der Waals surface area contributed by atoms with E-state index in [2.05, 4.69) is 4.72 Å². The molecule has 6 heteroatoms. The van der Waals surface area contributed by atoms with E-state index in [0.717, 1.165) is 6.42 Å². The van der Waals surface area contributed by atoms with Crippen molar-refractivity contribution >= 4 is 16.0 Å². The van der Waals surface area contributed by atoms with Crippen LogP contribution in [-0.4, -0.2) is 29.8 Å². The minimum atomic E-state index is -3.71. The molecule has 0 aliphatic rings. The number of nitrogens with one attached hydrogen (secondary N) is 1. The molecule has 0 aliphatic heterocycles. The maximum atomic E-state index is 12.3. The van der Waals surface area contributed by atoms with Crippen LogP contribution in [-0.2, 0) is 14.8 Å². The first-order valence-electron chi connectivity index (χ1n) is 6.67. The van der Waals surface area contributed by atoms with Crippen LogP contribution in [0.1, 0.15) is 60.8 Å². The molecule has 114 valence electrons. The Labute approximate surface area is 116 Å². The number of carbonyl (C=O) groups is 1. The van der Waals surface area contributed by atoms with Crippen molar-refractivity contribution in [2.45, 2.75) is 71.1 Å². The Morgan fingerprint density at radius 2 is 1.74 bits per heavy atom. The van der Waals surface area contributed by atoms with Crippen molar-refractivity contribution < 1.29 is 18.3 Å². The van der Waals surface area contributed by atoms with Crippen LogP contribution in [0.5, 0.6) is 0 Å². The van der Waals surface area contributed by atoms with Crippen LogP contribution < -0.4 is 4.72 Å². The number of aliphatic carboxylic acids is 1. The largest absolute Gasteiger partial charge is 0.480 e. The van der Waals surface area contributed by atoms with Gasteiger partial charge in [-0.2, -0.15) is 4.72 Å². The van der Waals surface area contributed by atoms with Gasteiger partial charge in [-0.05, 0) is 33.1 Å². The lowest BCUT2D eigenvalue weighted by molar-refractivity contribution is -0.146. The molecule has 0 amide bonds. The molecule has 0 aromatic heterocycles. The summed E-state index contributed by atoms with van der Waals surface area (Å²) in [7, 11) is -3.71. The molecule has 0 aliphatic carbocycles. The summed E-state index contributed by atoms with van der Waals surface area (Å²) in [5, 5.41) is 9.52. The lowest BCUT2D eigenvalue weighted by Crippen LogP contribution is -2.60. The monoisotopic (exact) mass is 293 g/mol. The van der Waals surface area contributed by atoms with Crippen molar-refractivity contribution in [3.05, 3.63) is 0 Å². The number of hydrogen-bond donors (Lipinski definition) is 2. The van der Waals surface area contributed by atoms with Gasteiger partial charge in [0.2, 0.25) is 10.0 Å². The number of rotatable bonds is 7. The van der Waals surface area contributed by atoms with Crippen LogP contribution in [0.4, 0.5) is 0 Å². The summed E-state index contributed by atoms with van der Waals surface area (Å²) in [6.07, 6.45) is 1.78. The van der Waals surface area contributed by atoms with Crippen LogP contribution in [0.3, 0.4) is 0 Å². The van der Waals surface area contributed by atoms with E-state index in [1.807, 2.05) is 6.92 Å². The van der Waals surface area contributed by atoms with Gasteiger partial charge in [-0.1, -0.05) is 33.6 Å². The Hall–Kier alpha value is -0.620. The lowest BCUT2D eigenvalue weighted by atomic mass is 9.83. The molecule has 0 fully saturated rings. The zero-order valence-electron chi connectivity index (χ0n) is 12.8. The summed E-state index contributed by atoms with van der Waals surface area (Å²) >= 11 is 0. The van der Waals surface area contributed by atoms with Crippen LogP contribution in [0.2, 0.25) is 0 Å². The van der Waals surface area contributed by atoms with E-state index >= 15 is 0 Å². The Morgan fingerprint density at radius 1 is 1.26 bits per heavy atom. The zero-order chi connectivity index (χ0) is 15.5. The first-order valence-corrected chi connectivity index (χ1v) is 8.16. The normalized spacial score (nSPS) is 16.4. The SMILES string of the molecule is CCCC[C@](NS(=O)(=O)C(C)(C)C)(C(=O)O)C(C)C. The van der Waals surface area contributed by atoms with Gasteiger partial charge in [-0.25, -0.2) is 8.42 Å². The summed E-state index contributed by atoms with van der Waals surface area (Å²) in [5.74, 6) is -1.43. The van der Waals surface area contributed by atoms with Crippen molar-refractivity contribution in [1.29, 1.82) is 0 Å². The summed E-state index contributed by atoms with van der Waals surface area (Å²) in [4.78, 5) is 11.6. The second kappa shape index (κ2) is 6.22. The average Bonchev–Trinajstić information content (AvgIpc) is 2.21. The molecular weight excluding hydrogens is 266 g/mol. The second-order valence-corrected chi connectivity index (χ2v) is 8.69. The predicted molar refractivity (Wildman–Crippen MR) is 76.5 cm³/mol. The Bertz CT molecular complexity index is 409. The fourth-order valence-electron chi connectivity index (χ4n) is 1.70. The number of sulfonamides is 1. The molecule has 2 N–H and O–H groups in total. The van der Waals surface area contributed by atoms with Crippen LogP contribution in [0.15, 0.2) is 0 Å². The molecule has 0 bridgehead atoms. The molecule has 0 rings (SSSR count). The highest BCUT2D eigenvalue weighted by atomic mass is 32.2. The van der Waals surface area contributed by atoms with Gasteiger partial charge in [0, 0.05) is 0 Å². The molecule has 0 unspecified atom stereocenters. The third kappa shape index (κ3) is 4.18. The van der Waals surface area contributed by atoms with Gasteiger partial charge in [0.05, 0.1) is 4.75 Å². The summed E-state index contributed by atoms with van der Waals surface area (Å²) < 4.78 is 26.0. The van der Waals surface area contributed by atoms with Crippen molar-refractivity contribution in [2.75, 3.05) is 0 Å². The average molecular weight is 293 g/mol. The Morgan fingerprint density at radius 3 is 2.00 bits per heavy atom. The molecule has 0 saturated heterocycles. The van der Waals surface area contributed by atoms with Gasteiger partial charge in [0.25, 0.3) is 0 Å². The zero-order valence-corrected chi connectivity index (χ0v) is 13.6. The quantitative estimate of drug-likeness (QED) is 0.755. The van der Waals surface area contributed by atoms with Gasteiger partial charge >= 0.3 is 5.97 Å². The first kappa shape index (κ1) is 18.4. The lowest BCUT2D eigenvalue weighted by Gasteiger charge is -2.36. The second-order valence-electron chi connectivity index (χ2n) is 6.25. The number of carboxylic acids is 1. The number of carboxylic acid groups (broad SMARTS) is 1. The molecule has 0 radical (unpaired) electrons. The van der Waals surface area contributed by atoms with E-state index in [1.165, 1.54) is 0 Å². The molecular formula is C13H27NO4S. The van der Waals surface area contributed by atoms with Gasteiger partial charge in [-0.15, -0.1) is 0 Å². The molecule has 19 heavy (non-hydrogen) atoms. The molecule has 0 spiro atoms. The van der Waals surface area contributed by atoms with E-state index in [-0.39, 0.29) is 5.92 Å². The van der Waals surface area contributed by atoms with Crippen LogP contribution in [0, 0.1) is 5.92 Å². The Balaban J connectivity index is 5.56. The molecule has 0 aromatic carbocycles. The molecule has 5 nitrogen and oxygen atoms in total. The predicted octanol–water partition coefficient (Wildman–Crippen LogP) is 2.37. The van der Waals surface area contributed by atoms with Crippen molar-refractivity contribution in [2.24, 2.45) is 5.92 Å². The number of hydrogen-bond acceptors (Lipinski definition) is 3. The first-order chi connectivity index (χ1) is 8.40. The van der Waals surface area contributed by atoms with E-state index < -0.39 is 26.3 Å². The Kier molecular flexibility index (Phi) is 6.02. The highest BCUT2D eigenvalue weighted by Crippen LogP contribution is 2.28. The van der Waals surface area contributed by atoms with Crippen LogP contribution in [0.25, 0.3) is 0 Å². The molecule has 0 saturated carbocycles. The maximum absolute atomic E-state index is 12.3. The van der Waals surface area contributed by atoms with Crippen molar-refractivity contribution in [1.82, 2.24) is 4.72 Å².